The Balaban J connectivity index is 1.24. The van der Waals surface area contributed by atoms with Crippen molar-refractivity contribution in [1.29, 1.82) is 0 Å². The van der Waals surface area contributed by atoms with Gasteiger partial charge in [-0.15, -0.1) is 0 Å². The average Bonchev–Trinajstić information content (AvgIpc) is 3.43. The van der Waals surface area contributed by atoms with Crippen LogP contribution < -0.4 is 9.64 Å². The zero-order valence-electron chi connectivity index (χ0n) is 17.7. The SMILES string of the molecule is CC(C)c1noc(N2CCC(Oc3ccc(-c4nc5cc(Cl)ccc5o4)cc3F)CC2)n1. The summed E-state index contributed by atoms with van der Waals surface area (Å²) in [6, 6.07) is 10.4. The molecule has 0 atom stereocenters. The smallest absolute Gasteiger partial charge is 0.324 e. The second-order valence-corrected chi connectivity index (χ2v) is 8.61. The van der Waals surface area contributed by atoms with E-state index in [0.29, 0.717) is 52.5 Å². The van der Waals surface area contributed by atoms with E-state index in [1.54, 1.807) is 30.3 Å². The van der Waals surface area contributed by atoms with Gasteiger partial charge in [0, 0.05) is 42.4 Å². The largest absolute Gasteiger partial charge is 0.487 e. The third-order valence-corrected chi connectivity index (χ3v) is 5.72. The molecule has 1 aliphatic heterocycles. The standard InChI is InChI=1S/C23H22ClFN4O3/c1-13(2)21-27-23(32-28-21)29-9-7-16(8-10-29)30-19-5-3-14(11-17(19)25)22-26-18-12-15(24)4-6-20(18)31-22/h3-6,11-13,16H,7-10H2,1-2H3. The predicted molar refractivity (Wildman–Crippen MR) is 119 cm³/mol. The van der Waals surface area contributed by atoms with Crippen LogP contribution in [0.1, 0.15) is 38.4 Å². The fourth-order valence-corrected chi connectivity index (χ4v) is 3.85. The van der Waals surface area contributed by atoms with Crippen molar-refractivity contribution >= 4 is 28.7 Å². The summed E-state index contributed by atoms with van der Waals surface area (Å²) in [5, 5.41) is 4.58. The van der Waals surface area contributed by atoms with Gasteiger partial charge in [0.2, 0.25) is 5.89 Å². The Morgan fingerprint density at radius 2 is 1.94 bits per heavy atom. The van der Waals surface area contributed by atoms with Gasteiger partial charge in [-0.25, -0.2) is 9.37 Å². The van der Waals surface area contributed by atoms with Gasteiger partial charge in [-0.1, -0.05) is 30.6 Å². The van der Waals surface area contributed by atoms with Crippen molar-refractivity contribution < 1.29 is 18.1 Å². The molecule has 5 rings (SSSR count). The van der Waals surface area contributed by atoms with Crippen molar-refractivity contribution in [2.75, 3.05) is 18.0 Å². The number of benzene rings is 2. The normalized spacial score (nSPS) is 15.1. The molecule has 0 radical (unpaired) electrons. The molecule has 9 heteroatoms. The number of anilines is 1. The van der Waals surface area contributed by atoms with Crippen LogP contribution in [0.3, 0.4) is 0 Å². The minimum absolute atomic E-state index is 0.0921. The lowest BCUT2D eigenvalue weighted by molar-refractivity contribution is 0.161. The van der Waals surface area contributed by atoms with E-state index < -0.39 is 5.82 Å². The first kappa shape index (κ1) is 20.8. The van der Waals surface area contributed by atoms with E-state index in [0.717, 1.165) is 12.8 Å². The van der Waals surface area contributed by atoms with Gasteiger partial charge in [0.05, 0.1) is 0 Å². The number of hydrogen-bond acceptors (Lipinski definition) is 7. The molecule has 0 amide bonds. The number of rotatable bonds is 5. The first-order valence-corrected chi connectivity index (χ1v) is 11.0. The van der Waals surface area contributed by atoms with Crippen LogP contribution in [-0.2, 0) is 0 Å². The molecule has 0 spiro atoms. The number of ether oxygens (including phenoxy) is 1. The van der Waals surface area contributed by atoms with Crippen molar-refractivity contribution in [2.45, 2.75) is 38.7 Å². The highest BCUT2D eigenvalue weighted by molar-refractivity contribution is 6.31. The zero-order chi connectivity index (χ0) is 22.2. The molecule has 2 aromatic heterocycles. The third-order valence-electron chi connectivity index (χ3n) is 5.48. The number of piperidine rings is 1. The monoisotopic (exact) mass is 456 g/mol. The first-order valence-electron chi connectivity index (χ1n) is 10.6. The fourth-order valence-electron chi connectivity index (χ4n) is 3.69. The van der Waals surface area contributed by atoms with Crippen molar-refractivity contribution in [1.82, 2.24) is 15.1 Å². The number of aromatic nitrogens is 3. The lowest BCUT2D eigenvalue weighted by Crippen LogP contribution is -2.38. The summed E-state index contributed by atoms with van der Waals surface area (Å²) in [7, 11) is 0. The summed E-state index contributed by atoms with van der Waals surface area (Å²) in [6.45, 7) is 5.45. The molecule has 0 bridgehead atoms. The number of halogens is 2. The molecular formula is C23H22ClFN4O3. The van der Waals surface area contributed by atoms with Crippen LogP contribution in [0.25, 0.3) is 22.6 Å². The minimum Gasteiger partial charge on any atom is -0.487 e. The van der Waals surface area contributed by atoms with E-state index in [2.05, 4.69) is 15.1 Å². The number of nitrogens with zero attached hydrogens (tertiary/aromatic N) is 4. The lowest BCUT2D eigenvalue weighted by Gasteiger charge is -2.30. The van der Waals surface area contributed by atoms with Gasteiger partial charge in [-0.05, 0) is 36.4 Å². The van der Waals surface area contributed by atoms with Gasteiger partial charge in [0.25, 0.3) is 0 Å². The van der Waals surface area contributed by atoms with Crippen LogP contribution in [0.5, 0.6) is 5.75 Å². The van der Waals surface area contributed by atoms with Crippen molar-refractivity contribution in [3.63, 3.8) is 0 Å². The van der Waals surface area contributed by atoms with E-state index in [1.165, 1.54) is 6.07 Å². The number of fused-ring (bicyclic) bond motifs is 1. The Bertz CT molecular complexity index is 1250. The maximum absolute atomic E-state index is 14.8. The summed E-state index contributed by atoms with van der Waals surface area (Å²) in [6.07, 6.45) is 1.37. The predicted octanol–water partition coefficient (Wildman–Crippen LogP) is 5.84. The maximum Gasteiger partial charge on any atom is 0.324 e. The Morgan fingerprint density at radius 3 is 2.66 bits per heavy atom. The zero-order valence-corrected chi connectivity index (χ0v) is 18.5. The molecule has 0 saturated carbocycles. The van der Waals surface area contributed by atoms with Crippen LogP contribution in [-0.4, -0.2) is 34.3 Å². The van der Waals surface area contributed by atoms with E-state index >= 15 is 0 Å². The van der Waals surface area contributed by atoms with E-state index in [-0.39, 0.29) is 17.8 Å². The lowest BCUT2D eigenvalue weighted by atomic mass is 10.1. The fraction of sp³-hybridized carbons (Fsp3) is 0.348. The molecule has 0 aliphatic carbocycles. The molecule has 1 saturated heterocycles. The van der Waals surface area contributed by atoms with Crippen LogP contribution >= 0.6 is 11.6 Å². The summed E-state index contributed by atoms with van der Waals surface area (Å²) in [5.41, 5.74) is 1.76. The highest BCUT2D eigenvalue weighted by Gasteiger charge is 2.25. The quantitative estimate of drug-likeness (QED) is 0.373. The highest BCUT2D eigenvalue weighted by Crippen LogP contribution is 2.30. The molecule has 0 unspecified atom stereocenters. The van der Waals surface area contributed by atoms with Gasteiger partial charge >= 0.3 is 6.01 Å². The Morgan fingerprint density at radius 1 is 1.12 bits per heavy atom. The second kappa shape index (κ2) is 8.43. The third kappa shape index (κ3) is 4.14. The van der Waals surface area contributed by atoms with Crippen molar-refractivity contribution in [2.24, 2.45) is 0 Å². The van der Waals surface area contributed by atoms with Crippen molar-refractivity contribution in [3.8, 4) is 17.2 Å². The summed E-state index contributed by atoms with van der Waals surface area (Å²) in [5.74, 6) is 1.01. The maximum atomic E-state index is 14.8. The second-order valence-electron chi connectivity index (χ2n) is 8.17. The van der Waals surface area contributed by atoms with E-state index in [9.17, 15) is 4.39 Å². The molecule has 166 valence electrons. The molecule has 1 aliphatic rings. The van der Waals surface area contributed by atoms with Gasteiger partial charge in [0.1, 0.15) is 11.6 Å². The summed E-state index contributed by atoms with van der Waals surface area (Å²) >= 11 is 6.00. The highest BCUT2D eigenvalue weighted by atomic mass is 35.5. The van der Waals surface area contributed by atoms with Gasteiger partial charge in [-0.3, -0.25) is 0 Å². The number of hydrogen-bond donors (Lipinski definition) is 0. The summed E-state index contributed by atoms with van der Waals surface area (Å²) < 4.78 is 31.8. The molecule has 2 aromatic carbocycles. The minimum atomic E-state index is -0.455. The van der Waals surface area contributed by atoms with Crippen LogP contribution in [0, 0.1) is 5.82 Å². The Hall–Kier alpha value is -3.13. The summed E-state index contributed by atoms with van der Waals surface area (Å²) in [4.78, 5) is 10.9. The van der Waals surface area contributed by atoms with Crippen LogP contribution in [0.4, 0.5) is 10.4 Å². The Labute approximate surface area is 189 Å². The molecule has 7 nitrogen and oxygen atoms in total. The van der Waals surface area contributed by atoms with E-state index in [4.69, 9.17) is 25.3 Å². The molecule has 4 aromatic rings. The van der Waals surface area contributed by atoms with Crippen LogP contribution in [0.15, 0.2) is 45.3 Å². The molecule has 32 heavy (non-hydrogen) atoms. The van der Waals surface area contributed by atoms with Gasteiger partial charge in [-0.2, -0.15) is 4.98 Å². The molecule has 1 fully saturated rings. The van der Waals surface area contributed by atoms with Gasteiger partial charge in [0.15, 0.2) is 23.0 Å². The van der Waals surface area contributed by atoms with Crippen molar-refractivity contribution in [3.05, 3.63) is 53.1 Å². The number of oxazole rings is 1. The van der Waals surface area contributed by atoms with E-state index in [1.807, 2.05) is 18.7 Å². The first-order chi connectivity index (χ1) is 15.5. The Kier molecular flexibility index (Phi) is 5.46. The molecular weight excluding hydrogens is 435 g/mol. The molecule has 0 N–H and O–H groups in total. The van der Waals surface area contributed by atoms with Crippen LogP contribution in [0.2, 0.25) is 5.02 Å². The van der Waals surface area contributed by atoms with Gasteiger partial charge < -0.3 is 18.6 Å². The molecule has 3 heterocycles. The topological polar surface area (TPSA) is 77.4 Å². The average molecular weight is 457 g/mol.